The van der Waals surface area contributed by atoms with Gasteiger partial charge in [0.1, 0.15) is 12.4 Å². The lowest BCUT2D eigenvalue weighted by Crippen LogP contribution is -2.04. The fourth-order valence-corrected chi connectivity index (χ4v) is 1.61. The normalized spacial score (nSPS) is 18.7. The predicted octanol–water partition coefficient (Wildman–Crippen LogP) is 1.48. The lowest BCUT2D eigenvalue weighted by molar-refractivity contribution is -0.0927. The molecule has 2 rings (SSSR count). The third kappa shape index (κ3) is 1.73. The number of hydrogen-bond donors (Lipinski definition) is 1. The van der Waals surface area contributed by atoms with Gasteiger partial charge in [0, 0.05) is 11.8 Å². The second-order valence-corrected chi connectivity index (χ2v) is 3.37. The van der Waals surface area contributed by atoms with E-state index in [1.54, 1.807) is 12.3 Å². The standard InChI is InChI=1S/C11H13NO3/c1-3-4-14-10-7(2)12-5-8-6-15-11(13)9(8)10/h3,5,11,13H,1,4,6H2,2H3. The third-order valence-corrected chi connectivity index (χ3v) is 2.32. The zero-order valence-corrected chi connectivity index (χ0v) is 8.56. The summed E-state index contributed by atoms with van der Waals surface area (Å²) in [5.74, 6) is 0.609. The number of hydrogen-bond acceptors (Lipinski definition) is 4. The summed E-state index contributed by atoms with van der Waals surface area (Å²) < 4.78 is 10.6. The summed E-state index contributed by atoms with van der Waals surface area (Å²) in [6.07, 6.45) is 2.46. The van der Waals surface area contributed by atoms with Crippen molar-refractivity contribution in [2.45, 2.75) is 19.8 Å². The van der Waals surface area contributed by atoms with Gasteiger partial charge in [-0.2, -0.15) is 0 Å². The van der Waals surface area contributed by atoms with Gasteiger partial charge in [0.15, 0.2) is 6.29 Å². The monoisotopic (exact) mass is 207 g/mol. The third-order valence-electron chi connectivity index (χ3n) is 2.32. The van der Waals surface area contributed by atoms with E-state index in [1.165, 1.54) is 0 Å². The molecule has 1 atom stereocenters. The van der Waals surface area contributed by atoms with Gasteiger partial charge in [0.05, 0.1) is 17.9 Å². The van der Waals surface area contributed by atoms with E-state index in [-0.39, 0.29) is 0 Å². The smallest absolute Gasteiger partial charge is 0.185 e. The Bertz CT molecular complexity index is 390. The van der Waals surface area contributed by atoms with Crippen LogP contribution in [-0.2, 0) is 11.3 Å². The molecule has 0 bridgehead atoms. The maximum Gasteiger partial charge on any atom is 0.185 e. The molecule has 4 heteroatoms. The fourth-order valence-electron chi connectivity index (χ4n) is 1.61. The number of nitrogens with zero attached hydrogens (tertiary/aromatic N) is 1. The number of aryl methyl sites for hydroxylation is 1. The first-order valence-electron chi connectivity index (χ1n) is 4.75. The van der Waals surface area contributed by atoms with E-state index < -0.39 is 6.29 Å². The molecule has 1 unspecified atom stereocenters. The molecular formula is C11H13NO3. The van der Waals surface area contributed by atoms with Crippen LogP contribution in [0.5, 0.6) is 5.75 Å². The Hall–Kier alpha value is -1.39. The molecule has 1 aromatic rings. The fraction of sp³-hybridized carbons (Fsp3) is 0.364. The number of fused-ring (bicyclic) bond motifs is 1. The van der Waals surface area contributed by atoms with Gasteiger partial charge in [-0.3, -0.25) is 4.98 Å². The highest BCUT2D eigenvalue weighted by Crippen LogP contribution is 2.37. The van der Waals surface area contributed by atoms with Gasteiger partial charge >= 0.3 is 0 Å². The summed E-state index contributed by atoms with van der Waals surface area (Å²) in [7, 11) is 0. The Kier molecular flexibility index (Phi) is 2.70. The van der Waals surface area contributed by atoms with Crippen LogP contribution in [-0.4, -0.2) is 16.7 Å². The zero-order chi connectivity index (χ0) is 10.8. The molecule has 0 fully saturated rings. The van der Waals surface area contributed by atoms with Crippen molar-refractivity contribution in [2.24, 2.45) is 0 Å². The van der Waals surface area contributed by atoms with Crippen LogP contribution in [0, 0.1) is 6.92 Å². The number of ether oxygens (including phenoxy) is 2. The van der Waals surface area contributed by atoms with Gasteiger partial charge < -0.3 is 14.6 Å². The van der Waals surface area contributed by atoms with Crippen LogP contribution in [0.3, 0.4) is 0 Å². The first-order chi connectivity index (χ1) is 7.24. The Morgan fingerprint density at radius 1 is 1.80 bits per heavy atom. The molecule has 0 aromatic carbocycles. The number of aliphatic hydroxyl groups excluding tert-OH is 1. The summed E-state index contributed by atoms with van der Waals surface area (Å²) in [5, 5.41) is 9.63. The van der Waals surface area contributed by atoms with Crippen molar-refractivity contribution < 1.29 is 14.6 Å². The molecule has 0 radical (unpaired) electrons. The van der Waals surface area contributed by atoms with E-state index in [9.17, 15) is 5.11 Å². The highest BCUT2D eigenvalue weighted by atomic mass is 16.6. The molecular weight excluding hydrogens is 194 g/mol. The van der Waals surface area contributed by atoms with Crippen molar-refractivity contribution >= 4 is 0 Å². The topological polar surface area (TPSA) is 51.6 Å². The first-order valence-corrected chi connectivity index (χ1v) is 4.75. The summed E-state index contributed by atoms with van der Waals surface area (Å²) in [6.45, 7) is 6.19. The van der Waals surface area contributed by atoms with Crippen LogP contribution < -0.4 is 4.74 Å². The lowest BCUT2D eigenvalue weighted by atomic mass is 10.1. The van der Waals surface area contributed by atoms with Crippen LogP contribution in [0.2, 0.25) is 0 Å². The van der Waals surface area contributed by atoms with Crippen LogP contribution in [0.4, 0.5) is 0 Å². The van der Waals surface area contributed by atoms with Crippen molar-refractivity contribution in [1.29, 1.82) is 0 Å². The van der Waals surface area contributed by atoms with E-state index in [4.69, 9.17) is 9.47 Å². The molecule has 1 aliphatic rings. The van der Waals surface area contributed by atoms with Gasteiger partial charge in [-0.1, -0.05) is 12.7 Å². The van der Waals surface area contributed by atoms with Crippen LogP contribution in [0.1, 0.15) is 23.1 Å². The second-order valence-electron chi connectivity index (χ2n) is 3.37. The molecule has 4 nitrogen and oxygen atoms in total. The molecule has 80 valence electrons. The Labute approximate surface area is 88.2 Å². The number of aliphatic hydroxyl groups is 1. The van der Waals surface area contributed by atoms with Gasteiger partial charge in [-0.05, 0) is 6.92 Å². The highest BCUT2D eigenvalue weighted by Gasteiger charge is 2.27. The predicted molar refractivity (Wildman–Crippen MR) is 54.4 cm³/mol. The Morgan fingerprint density at radius 3 is 3.33 bits per heavy atom. The molecule has 1 aromatic heterocycles. The molecule has 15 heavy (non-hydrogen) atoms. The van der Waals surface area contributed by atoms with Crippen molar-refractivity contribution in [1.82, 2.24) is 4.98 Å². The van der Waals surface area contributed by atoms with Crippen LogP contribution >= 0.6 is 0 Å². The van der Waals surface area contributed by atoms with Gasteiger partial charge in [0.2, 0.25) is 0 Å². The minimum atomic E-state index is -0.901. The number of pyridine rings is 1. The van der Waals surface area contributed by atoms with Crippen LogP contribution in [0.25, 0.3) is 0 Å². The van der Waals surface area contributed by atoms with Gasteiger partial charge in [-0.25, -0.2) is 0 Å². The average Bonchev–Trinajstić information content (AvgIpc) is 2.60. The van der Waals surface area contributed by atoms with Crippen molar-refractivity contribution in [2.75, 3.05) is 6.61 Å². The molecule has 0 spiro atoms. The van der Waals surface area contributed by atoms with Gasteiger partial charge in [0.25, 0.3) is 0 Å². The van der Waals surface area contributed by atoms with E-state index in [0.717, 1.165) is 11.3 Å². The molecule has 1 aliphatic heterocycles. The minimum Gasteiger partial charge on any atom is -0.487 e. The molecule has 0 saturated heterocycles. The largest absolute Gasteiger partial charge is 0.487 e. The Morgan fingerprint density at radius 2 is 2.60 bits per heavy atom. The minimum absolute atomic E-state index is 0.383. The summed E-state index contributed by atoms with van der Waals surface area (Å²) in [4.78, 5) is 4.19. The molecule has 1 N–H and O–H groups in total. The molecule has 0 aliphatic carbocycles. The van der Waals surface area contributed by atoms with E-state index in [1.807, 2.05) is 6.92 Å². The number of rotatable bonds is 3. The van der Waals surface area contributed by atoms with E-state index in [0.29, 0.717) is 24.5 Å². The maximum atomic E-state index is 9.63. The van der Waals surface area contributed by atoms with Crippen molar-refractivity contribution in [3.05, 3.63) is 35.7 Å². The lowest BCUT2D eigenvalue weighted by Gasteiger charge is -2.12. The first kappa shape index (κ1) is 10.1. The number of aromatic nitrogens is 1. The van der Waals surface area contributed by atoms with Gasteiger partial charge in [-0.15, -0.1) is 0 Å². The quantitative estimate of drug-likeness (QED) is 0.763. The maximum absolute atomic E-state index is 9.63. The van der Waals surface area contributed by atoms with E-state index >= 15 is 0 Å². The molecule has 0 amide bonds. The molecule has 2 heterocycles. The summed E-state index contributed by atoms with van der Waals surface area (Å²) >= 11 is 0. The Balaban J connectivity index is 2.42. The SMILES string of the molecule is C=CCOc1c(C)ncc2c1C(O)OC2. The summed E-state index contributed by atoms with van der Waals surface area (Å²) in [5.41, 5.74) is 2.33. The van der Waals surface area contributed by atoms with Crippen molar-refractivity contribution in [3.8, 4) is 5.75 Å². The van der Waals surface area contributed by atoms with Crippen molar-refractivity contribution in [3.63, 3.8) is 0 Å². The summed E-state index contributed by atoms with van der Waals surface area (Å²) in [6, 6.07) is 0. The second kappa shape index (κ2) is 4.00. The molecule has 0 saturated carbocycles. The average molecular weight is 207 g/mol. The highest BCUT2D eigenvalue weighted by molar-refractivity contribution is 5.44. The van der Waals surface area contributed by atoms with E-state index in [2.05, 4.69) is 11.6 Å². The van der Waals surface area contributed by atoms with Crippen LogP contribution in [0.15, 0.2) is 18.9 Å². The zero-order valence-electron chi connectivity index (χ0n) is 8.56.